The topological polar surface area (TPSA) is 54.3 Å². The molecular weight excluding hydrogens is 236 g/mol. The van der Waals surface area contributed by atoms with E-state index in [1.165, 1.54) is 0 Å². The van der Waals surface area contributed by atoms with Gasteiger partial charge in [0.1, 0.15) is 5.69 Å². The van der Waals surface area contributed by atoms with Crippen molar-refractivity contribution in [1.29, 1.82) is 0 Å². The highest BCUT2D eigenvalue weighted by Gasteiger charge is 2.19. The summed E-state index contributed by atoms with van der Waals surface area (Å²) in [4.78, 5) is 10.8. The standard InChI is InChI=1S/C8H9BrN2O2/c9-5-3-6(8(12)13)11-2-1-10-4-7(5)11/h3,10H,1-2,4H2,(H,12,13). The third-order valence-corrected chi connectivity index (χ3v) is 2.87. The monoisotopic (exact) mass is 244 g/mol. The molecule has 1 aromatic rings. The molecule has 0 radical (unpaired) electrons. The number of aromatic nitrogens is 1. The third kappa shape index (κ3) is 1.38. The van der Waals surface area contributed by atoms with E-state index in [1.807, 2.05) is 4.57 Å². The molecule has 70 valence electrons. The maximum absolute atomic E-state index is 10.8. The van der Waals surface area contributed by atoms with E-state index in [0.717, 1.165) is 29.8 Å². The van der Waals surface area contributed by atoms with E-state index in [-0.39, 0.29) is 0 Å². The van der Waals surface area contributed by atoms with Gasteiger partial charge in [0.05, 0.1) is 0 Å². The predicted molar refractivity (Wildman–Crippen MR) is 50.8 cm³/mol. The summed E-state index contributed by atoms with van der Waals surface area (Å²) in [6, 6.07) is 1.66. The Hall–Kier alpha value is -0.810. The molecule has 2 N–H and O–H groups in total. The van der Waals surface area contributed by atoms with E-state index in [9.17, 15) is 4.79 Å². The zero-order valence-corrected chi connectivity index (χ0v) is 8.47. The largest absolute Gasteiger partial charge is 0.477 e. The molecule has 13 heavy (non-hydrogen) atoms. The van der Waals surface area contributed by atoms with Crippen molar-refractivity contribution < 1.29 is 9.90 Å². The predicted octanol–water partition coefficient (Wildman–Crippen LogP) is 1.05. The van der Waals surface area contributed by atoms with Gasteiger partial charge in [0.2, 0.25) is 0 Å². The van der Waals surface area contributed by atoms with E-state index in [1.54, 1.807) is 6.07 Å². The Morgan fingerprint density at radius 1 is 1.69 bits per heavy atom. The summed E-state index contributed by atoms with van der Waals surface area (Å²) in [7, 11) is 0. The first-order chi connectivity index (χ1) is 6.20. The van der Waals surface area contributed by atoms with Gasteiger partial charge in [-0.15, -0.1) is 0 Å². The Morgan fingerprint density at radius 3 is 3.15 bits per heavy atom. The van der Waals surface area contributed by atoms with Crippen LogP contribution >= 0.6 is 15.9 Å². The molecule has 0 aromatic carbocycles. The summed E-state index contributed by atoms with van der Waals surface area (Å²) >= 11 is 3.35. The maximum Gasteiger partial charge on any atom is 0.352 e. The lowest BCUT2D eigenvalue weighted by Crippen LogP contribution is -2.29. The van der Waals surface area contributed by atoms with Gasteiger partial charge in [0, 0.05) is 29.8 Å². The molecule has 0 bridgehead atoms. The summed E-state index contributed by atoms with van der Waals surface area (Å²) < 4.78 is 2.71. The number of hydrogen-bond acceptors (Lipinski definition) is 2. The van der Waals surface area contributed by atoms with E-state index >= 15 is 0 Å². The van der Waals surface area contributed by atoms with Gasteiger partial charge < -0.3 is 15.0 Å². The number of hydrogen-bond donors (Lipinski definition) is 2. The second-order valence-electron chi connectivity index (χ2n) is 2.96. The van der Waals surface area contributed by atoms with Gasteiger partial charge in [-0.25, -0.2) is 4.79 Å². The Balaban J connectivity index is 2.53. The first-order valence-electron chi connectivity index (χ1n) is 4.02. The van der Waals surface area contributed by atoms with Crippen molar-refractivity contribution in [3.63, 3.8) is 0 Å². The lowest BCUT2D eigenvalue weighted by molar-refractivity contribution is 0.0684. The molecule has 0 aliphatic carbocycles. The van der Waals surface area contributed by atoms with Crippen LogP contribution in [0.3, 0.4) is 0 Å². The second-order valence-corrected chi connectivity index (χ2v) is 3.81. The number of nitrogens with zero attached hydrogens (tertiary/aromatic N) is 1. The molecule has 1 aliphatic rings. The molecule has 0 atom stereocenters. The van der Waals surface area contributed by atoms with Gasteiger partial charge in [0.25, 0.3) is 0 Å². The average Bonchev–Trinajstić information content (AvgIpc) is 2.45. The Morgan fingerprint density at radius 2 is 2.46 bits per heavy atom. The fourth-order valence-corrected chi connectivity index (χ4v) is 2.14. The minimum Gasteiger partial charge on any atom is -0.477 e. The zero-order valence-electron chi connectivity index (χ0n) is 6.88. The van der Waals surface area contributed by atoms with E-state index in [4.69, 9.17) is 5.11 Å². The normalized spacial score (nSPS) is 15.5. The molecule has 0 fully saturated rings. The molecule has 2 rings (SSSR count). The van der Waals surface area contributed by atoms with Gasteiger partial charge in [-0.3, -0.25) is 0 Å². The molecule has 0 saturated heterocycles. The van der Waals surface area contributed by atoms with Crippen molar-refractivity contribution >= 4 is 21.9 Å². The fraction of sp³-hybridized carbons (Fsp3) is 0.375. The number of carbonyl (C=O) groups is 1. The number of fused-ring (bicyclic) bond motifs is 1. The second kappa shape index (κ2) is 3.16. The smallest absolute Gasteiger partial charge is 0.352 e. The first kappa shape index (κ1) is 8.77. The molecule has 0 unspecified atom stereocenters. The van der Waals surface area contributed by atoms with Gasteiger partial charge in [-0.1, -0.05) is 0 Å². The van der Waals surface area contributed by atoms with Gasteiger partial charge in [-0.05, 0) is 22.0 Å². The Bertz CT molecular complexity index is 359. The molecular formula is C8H9BrN2O2. The van der Waals surface area contributed by atoms with Gasteiger partial charge in [0.15, 0.2) is 0 Å². The van der Waals surface area contributed by atoms with Crippen LogP contribution < -0.4 is 5.32 Å². The Labute approximate surface area is 83.7 Å². The number of aromatic carboxylic acids is 1. The lowest BCUT2D eigenvalue weighted by atomic mass is 10.3. The van der Waals surface area contributed by atoms with Crippen LogP contribution in [0, 0.1) is 0 Å². The number of halogens is 1. The van der Waals surface area contributed by atoms with Gasteiger partial charge in [-0.2, -0.15) is 0 Å². The SMILES string of the molecule is O=C(O)c1cc(Br)c2n1CCNC2. The van der Waals surface area contributed by atoms with Crippen molar-refractivity contribution in [2.45, 2.75) is 13.1 Å². The summed E-state index contributed by atoms with van der Waals surface area (Å²) in [6.07, 6.45) is 0. The Kier molecular flexibility index (Phi) is 2.13. The minimum absolute atomic E-state index is 0.364. The summed E-state index contributed by atoms with van der Waals surface area (Å²) in [5.41, 5.74) is 1.38. The number of carboxylic acids is 1. The highest BCUT2D eigenvalue weighted by Crippen LogP contribution is 2.23. The minimum atomic E-state index is -0.867. The van der Waals surface area contributed by atoms with Crippen LogP contribution in [-0.4, -0.2) is 22.2 Å². The van der Waals surface area contributed by atoms with Crippen molar-refractivity contribution in [3.05, 3.63) is 21.9 Å². The molecule has 1 aliphatic heterocycles. The van der Waals surface area contributed by atoms with E-state index in [2.05, 4.69) is 21.2 Å². The molecule has 0 amide bonds. The molecule has 2 heterocycles. The fourth-order valence-electron chi connectivity index (χ4n) is 1.57. The van der Waals surface area contributed by atoms with E-state index < -0.39 is 5.97 Å². The van der Waals surface area contributed by atoms with Crippen LogP contribution in [-0.2, 0) is 13.1 Å². The van der Waals surface area contributed by atoms with Crippen molar-refractivity contribution in [2.75, 3.05) is 6.54 Å². The molecule has 5 heteroatoms. The van der Waals surface area contributed by atoms with Crippen LogP contribution in [0.25, 0.3) is 0 Å². The molecule has 1 aromatic heterocycles. The summed E-state index contributed by atoms with van der Waals surface area (Å²) in [5, 5.41) is 12.1. The van der Waals surface area contributed by atoms with E-state index in [0.29, 0.717) is 5.69 Å². The highest BCUT2D eigenvalue weighted by atomic mass is 79.9. The van der Waals surface area contributed by atoms with Crippen LogP contribution in [0.4, 0.5) is 0 Å². The maximum atomic E-state index is 10.8. The quantitative estimate of drug-likeness (QED) is 0.777. The zero-order chi connectivity index (χ0) is 9.42. The molecule has 4 nitrogen and oxygen atoms in total. The van der Waals surface area contributed by atoms with Gasteiger partial charge >= 0.3 is 5.97 Å². The number of rotatable bonds is 1. The summed E-state index contributed by atoms with van der Waals surface area (Å²) in [6.45, 7) is 2.28. The van der Waals surface area contributed by atoms with Crippen molar-refractivity contribution in [2.24, 2.45) is 0 Å². The first-order valence-corrected chi connectivity index (χ1v) is 4.81. The lowest BCUT2D eigenvalue weighted by Gasteiger charge is -2.18. The third-order valence-electron chi connectivity index (χ3n) is 2.18. The van der Waals surface area contributed by atoms with Crippen LogP contribution in [0.1, 0.15) is 16.2 Å². The number of carboxylic acid groups (broad SMARTS) is 1. The van der Waals surface area contributed by atoms with Crippen molar-refractivity contribution in [1.82, 2.24) is 9.88 Å². The van der Waals surface area contributed by atoms with Crippen LogP contribution in [0.5, 0.6) is 0 Å². The highest BCUT2D eigenvalue weighted by molar-refractivity contribution is 9.10. The summed E-state index contributed by atoms with van der Waals surface area (Å²) in [5.74, 6) is -0.867. The molecule has 0 saturated carbocycles. The van der Waals surface area contributed by atoms with Crippen molar-refractivity contribution in [3.8, 4) is 0 Å². The number of nitrogens with one attached hydrogen (secondary N) is 1. The average molecular weight is 245 g/mol. The van der Waals surface area contributed by atoms with Crippen LogP contribution in [0.2, 0.25) is 0 Å². The van der Waals surface area contributed by atoms with Crippen LogP contribution in [0.15, 0.2) is 10.5 Å². The molecule has 0 spiro atoms.